The van der Waals surface area contributed by atoms with Crippen molar-refractivity contribution in [3.63, 3.8) is 0 Å². The highest BCUT2D eigenvalue weighted by atomic mass is 32.1. The van der Waals surface area contributed by atoms with E-state index < -0.39 is 13.0 Å². The molecular formula is C19H17F2N5O2S. The van der Waals surface area contributed by atoms with Gasteiger partial charge in [0.05, 0.1) is 40.1 Å². The number of aromatic nitrogens is 3. The lowest BCUT2D eigenvalue weighted by Gasteiger charge is -2.11. The first-order valence-corrected chi connectivity index (χ1v) is 10.00. The van der Waals surface area contributed by atoms with Crippen LogP contribution in [0, 0.1) is 0 Å². The van der Waals surface area contributed by atoms with E-state index in [-0.39, 0.29) is 11.1 Å². The molecule has 4 heterocycles. The number of halogens is 2. The number of fused-ring (bicyclic) bond motifs is 3. The van der Waals surface area contributed by atoms with Gasteiger partial charge in [-0.1, -0.05) is 0 Å². The number of nitrogens with zero attached hydrogens (tertiary/aromatic N) is 1. The third kappa shape index (κ3) is 3.28. The Labute approximate surface area is 167 Å². The summed E-state index contributed by atoms with van der Waals surface area (Å²) < 4.78 is 26.4. The van der Waals surface area contributed by atoms with E-state index in [2.05, 4.69) is 25.7 Å². The van der Waals surface area contributed by atoms with Gasteiger partial charge in [-0.3, -0.25) is 4.79 Å². The van der Waals surface area contributed by atoms with Gasteiger partial charge in [-0.25, -0.2) is 13.8 Å². The molecule has 0 spiro atoms. The number of hydrogen-bond donors (Lipinski definition) is 4. The minimum Gasteiger partial charge on any atom is -0.377 e. The first-order chi connectivity index (χ1) is 14.1. The van der Waals surface area contributed by atoms with E-state index in [0.717, 1.165) is 23.1 Å². The Bertz CT molecular complexity index is 1220. The van der Waals surface area contributed by atoms with Crippen molar-refractivity contribution >= 4 is 38.3 Å². The van der Waals surface area contributed by atoms with Crippen LogP contribution in [0.3, 0.4) is 0 Å². The molecule has 10 heteroatoms. The third-order valence-electron chi connectivity index (χ3n) is 4.93. The van der Waals surface area contributed by atoms with Gasteiger partial charge in [0.2, 0.25) is 0 Å². The molecule has 0 aliphatic carbocycles. The van der Waals surface area contributed by atoms with Crippen LogP contribution in [0.4, 0.5) is 14.5 Å². The third-order valence-corrected chi connectivity index (χ3v) is 5.86. The second-order valence-corrected chi connectivity index (χ2v) is 7.70. The number of pyridine rings is 1. The largest absolute Gasteiger partial charge is 0.377 e. The predicted octanol–water partition coefficient (Wildman–Crippen LogP) is 3.39. The van der Waals surface area contributed by atoms with Gasteiger partial charge in [-0.15, -0.1) is 11.3 Å². The summed E-state index contributed by atoms with van der Waals surface area (Å²) in [7, 11) is 0. The van der Waals surface area contributed by atoms with E-state index in [9.17, 15) is 13.6 Å². The van der Waals surface area contributed by atoms with E-state index in [4.69, 9.17) is 4.84 Å². The van der Waals surface area contributed by atoms with Gasteiger partial charge in [0.15, 0.2) is 0 Å². The topological polar surface area (TPSA) is 94.8 Å². The summed E-state index contributed by atoms with van der Waals surface area (Å²) in [5.41, 5.74) is 7.41. The molecule has 0 saturated heterocycles. The maximum absolute atomic E-state index is 12.9. The first-order valence-electron chi connectivity index (χ1n) is 9.12. The highest BCUT2D eigenvalue weighted by molar-refractivity contribution is 7.17. The average Bonchev–Trinajstić information content (AvgIpc) is 3.24. The smallest absolute Gasteiger partial charge is 0.261 e. The second-order valence-electron chi connectivity index (χ2n) is 6.78. The number of thiophene rings is 1. The van der Waals surface area contributed by atoms with Crippen molar-refractivity contribution in [2.45, 2.75) is 19.4 Å². The summed E-state index contributed by atoms with van der Waals surface area (Å²) in [6.07, 6.45) is -1.78. The minimum absolute atomic E-state index is 0.230. The zero-order valence-electron chi connectivity index (χ0n) is 15.1. The highest BCUT2D eigenvalue weighted by Crippen LogP contribution is 2.34. The van der Waals surface area contributed by atoms with Gasteiger partial charge in [0.1, 0.15) is 11.4 Å². The minimum atomic E-state index is -2.54. The van der Waals surface area contributed by atoms with Crippen LogP contribution in [0.25, 0.3) is 32.6 Å². The van der Waals surface area contributed by atoms with Crippen LogP contribution in [0.15, 0.2) is 28.4 Å². The average molecular weight is 417 g/mol. The number of imidazole rings is 1. The molecule has 4 N–H and O–H groups in total. The number of anilines is 1. The lowest BCUT2D eigenvalue weighted by atomic mass is 10.0. The summed E-state index contributed by atoms with van der Waals surface area (Å²) in [5, 5.41) is 4.55. The van der Waals surface area contributed by atoms with Gasteiger partial charge in [-0.2, -0.15) is 5.48 Å². The zero-order chi connectivity index (χ0) is 20.0. The van der Waals surface area contributed by atoms with Crippen molar-refractivity contribution in [1.29, 1.82) is 0 Å². The fraction of sp³-hybridized carbons (Fsp3) is 0.263. The lowest BCUT2D eigenvalue weighted by molar-refractivity contribution is 0.0444. The van der Waals surface area contributed by atoms with Crippen molar-refractivity contribution in [2.24, 2.45) is 0 Å². The number of alkyl halides is 2. The first kappa shape index (κ1) is 18.2. The van der Waals surface area contributed by atoms with Crippen LogP contribution in [0.2, 0.25) is 0 Å². The molecule has 0 bridgehead atoms. The Morgan fingerprint density at radius 1 is 1.24 bits per heavy atom. The summed E-state index contributed by atoms with van der Waals surface area (Å²) >= 11 is 1.37. The molecule has 4 aromatic rings. The summed E-state index contributed by atoms with van der Waals surface area (Å²) in [6.45, 7) is 0.579. The number of aromatic amines is 2. The van der Waals surface area contributed by atoms with Crippen molar-refractivity contribution in [3.8, 4) is 11.4 Å². The zero-order valence-corrected chi connectivity index (χ0v) is 16.0. The Kier molecular flexibility index (Phi) is 4.53. The number of rotatable bonds is 4. The molecule has 1 aromatic carbocycles. The Balaban J connectivity index is 1.68. The summed E-state index contributed by atoms with van der Waals surface area (Å²) in [6, 6.07) is 5.71. The van der Waals surface area contributed by atoms with Crippen LogP contribution in [0.1, 0.15) is 11.1 Å². The Morgan fingerprint density at radius 3 is 3.00 bits per heavy atom. The summed E-state index contributed by atoms with van der Waals surface area (Å²) in [4.78, 5) is 28.7. The number of benzene rings is 1. The van der Waals surface area contributed by atoms with E-state index in [1.165, 1.54) is 11.3 Å². The number of H-pyrrole nitrogens is 2. The fourth-order valence-electron chi connectivity index (χ4n) is 3.61. The molecule has 7 nitrogen and oxygen atoms in total. The lowest BCUT2D eigenvalue weighted by Crippen LogP contribution is -2.17. The number of nitrogens with one attached hydrogen (secondary N) is 4. The molecule has 3 aromatic heterocycles. The molecule has 0 atom stereocenters. The molecule has 1 aliphatic heterocycles. The van der Waals surface area contributed by atoms with Gasteiger partial charge in [0.25, 0.3) is 12.0 Å². The Morgan fingerprint density at radius 2 is 2.14 bits per heavy atom. The second kappa shape index (κ2) is 7.21. The standard InChI is InChI=1S/C19H17F2N5O2S/c20-14(21)8-22-16-15(19(27)26-11-2-4-29-17(11)16)18-24-12-5-9-1-3-28-23-7-10(9)6-13(12)25-18/h2,4-6,14,23H,1,3,7-8H2,(H,24,25)(H2,22,26,27). The molecule has 0 saturated carbocycles. The van der Waals surface area contributed by atoms with Crippen molar-refractivity contribution in [3.05, 3.63) is 45.1 Å². The molecule has 150 valence electrons. The number of hydroxylamine groups is 1. The van der Waals surface area contributed by atoms with Gasteiger partial charge in [0, 0.05) is 6.54 Å². The van der Waals surface area contributed by atoms with E-state index in [1.807, 2.05) is 17.5 Å². The molecule has 0 amide bonds. The molecule has 0 radical (unpaired) electrons. The molecule has 1 aliphatic rings. The molecular weight excluding hydrogens is 400 g/mol. The van der Waals surface area contributed by atoms with Crippen LogP contribution < -0.4 is 16.4 Å². The van der Waals surface area contributed by atoms with Crippen LogP contribution >= 0.6 is 11.3 Å². The molecule has 29 heavy (non-hydrogen) atoms. The summed E-state index contributed by atoms with van der Waals surface area (Å²) in [5.74, 6) is 0.345. The van der Waals surface area contributed by atoms with Crippen LogP contribution in [-0.4, -0.2) is 34.5 Å². The quantitative estimate of drug-likeness (QED) is 0.408. The maximum Gasteiger partial charge on any atom is 0.261 e. The molecule has 0 unspecified atom stereocenters. The van der Waals surface area contributed by atoms with E-state index >= 15 is 0 Å². The van der Waals surface area contributed by atoms with E-state index in [1.54, 1.807) is 6.07 Å². The normalized spacial score (nSPS) is 14.4. The van der Waals surface area contributed by atoms with Crippen LogP contribution in [0.5, 0.6) is 0 Å². The highest BCUT2D eigenvalue weighted by Gasteiger charge is 2.20. The fourth-order valence-corrected chi connectivity index (χ4v) is 4.49. The van der Waals surface area contributed by atoms with Crippen molar-refractivity contribution < 1.29 is 13.6 Å². The van der Waals surface area contributed by atoms with Gasteiger partial charge in [-0.05, 0) is 41.1 Å². The molecule has 0 fully saturated rings. The van der Waals surface area contributed by atoms with E-state index in [0.29, 0.717) is 40.4 Å². The van der Waals surface area contributed by atoms with Crippen molar-refractivity contribution in [2.75, 3.05) is 18.5 Å². The predicted molar refractivity (Wildman–Crippen MR) is 109 cm³/mol. The number of hydrogen-bond acceptors (Lipinski definition) is 6. The van der Waals surface area contributed by atoms with Crippen molar-refractivity contribution in [1.82, 2.24) is 20.4 Å². The SMILES string of the molecule is O=c1[nH]c2ccsc2c(NCC(F)F)c1-c1nc2cc3c(cc2[nH]1)CCONC3. The monoisotopic (exact) mass is 417 g/mol. The Hall–Kier alpha value is -2.82. The van der Waals surface area contributed by atoms with Gasteiger partial charge < -0.3 is 20.1 Å². The maximum atomic E-state index is 12.9. The molecule has 5 rings (SSSR count). The van der Waals surface area contributed by atoms with Gasteiger partial charge >= 0.3 is 0 Å². The van der Waals surface area contributed by atoms with Crippen LogP contribution in [-0.2, 0) is 17.8 Å².